The fourth-order valence-electron chi connectivity index (χ4n) is 5.43. The minimum Gasteiger partial charge on any atom is -0.501 e. The molecule has 3 heterocycles. The van der Waals surface area contributed by atoms with Crippen molar-refractivity contribution in [3.8, 4) is 0 Å². The first-order valence-electron chi connectivity index (χ1n) is 17.4. The molecule has 0 aromatic carbocycles. The van der Waals surface area contributed by atoms with E-state index < -0.39 is 10.0 Å². The molecule has 48 heavy (non-hydrogen) atoms. The second kappa shape index (κ2) is 20.9. The lowest BCUT2D eigenvalue weighted by molar-refractivity contribution is 0.140. The van der Waals surface area contributed by atoms with Gasteiger partial charge in [-0.25, -0.2) is 13.4 Å². The number of hydrogen-bond donors (Lipinski definition) is 1. The molecule has 0 amide bonds. The summed E-state index contributed by atoms with van der Waals surface area (Å²) in [7, 11) is -0.748. The number of aromatic amines is 1. The maximum absolute atomic E-state index is 14.6. The van der Waals surface area contributed by atoms with E-state index in [2.05, 4.69) is 21.1 Å². The van der Waals surface area contributed by atoms with Gasteiger partial charge in [-0.05, 0) is 63.3 Å². The van der Waals surface area contributed by atoms with Gasteiger partial charge in [0.2, 0.25) is 10.0 Å². The molecule has 2 aromatic heterocycles. The van der Waals surface area contributed by atoms with Crippen molar-refractivity contribution < 1.29 is 17.9 Å². The zero-order valence-electron chi connectivity index (χ0n) is 30.6. The van der Waals surface area contributed by atoms with E-state index in [1.807, 2.05) is 52.8 Å². The first-order valence-corrected chi connectivity index (χ1v) is 18.8. The summed E-state index contributed by atoms with van der Waals surface area (Å²) < 4.78 is 43.3. The zero-order valence-corrected chi connectivity index (χ0v) is 31.4. The van der Waals surface area contributed by atoms with Crippen LogP contribution in [0.25, 0.3) is 16.6 Å². The Balaban J connectivity index is 0.00000193. The molecule has 4 rings (SSSR count). The molecule has 11 nitrogen and oxygen atoms in total. The fraction of sp³-hybridized carbons (Fsp3) is 0.583. The van der Waals surface area contributed by atoms with E-state index in [4.69, 9.17) is 14.5 Å². The number of allylic oxidation sites excluding steroid dienone is 8. The van der Waals surface area contributed by atoms with Crippen LogP contribution in [0.2, 0.25) is 0 Å². The van der Waals surface area contributed by atoms with Gasteiger partial charge >= 0.3 is 0 Å². The highest BCUT2D eigenvalue weighted by Gasteiger charge is 2.32. The Morgan fingerprint density at radius 1 is 1.15 bits per heavy atom. The predicted octanol–water partition coefficient (Wildman–Crippen LogP) is 6.13. The third-order valence-electron chi connectivity index (χ3n) is 7.92. The van der Waals surface area contributed by atoms with Crippen LogP contribution in [0.3, 0.4) is 0 Å². The number of nitrogens with one attached hydrogen (secondary N) is 1. The van der Waals surface area contributed by atoms with Gasteiger partial charge in [0.1, 0.15) is 11.3 Å². The molecule has 1 unspecified atom stereocenters. The third kappa shape index (κ3) is 11.1. The van der Waals surface area contributed by atoms with Crippen molar-refractivity contribution in [3.05, 3.63) is 75.1 Å². The molecule has 1 atom stereocenters. The standard InChI is InChI=1S/C32H46N6O5S.2C2H6/c1-6-12-28-29-30(36(4)35-28)32(39)34-31(33-29)24(2)23-27(16-15-25(3)42-5)44(40,41)38(26-13-9-7-8-10-14-26)19-18-37-17-11-21-43-22-20-37;2*1-2/h7-9,13,15-16,23,26H,6,10-12,14,17-22H2,1-5H3,(H,33,34,39);2*1-2H3/b24-23+,25-15+,27-16+;;. The van der Waals surface area contributed by atoms with E-state index in [0.717, 1.165) is 44.7 Å². The largest absolute Gasteiger partial charge is 0.501 e. The monoisotopic (exact) mass is 686 g/mol. The van der Waals surface area contributed by atoms with Gasteiger partial charge in [0.25, 0.3) is 5.56 Å². The molecule has 1 N–H and O–H groups in total. The average Bonchev–Trinajstić information content (AvgIpc) is 3.33. The van der Waals surface area contributed by atoms with E-state index >= 15 is 0 Å². The summed E-state index contributed by atoms with van der Waals surface area (Å²) in [4.78, 5) is 23.1. The van der Waals surface area contributed by atoms with Crippen LogP contribution in [-0.4, -0.2) is 89.9 Å². The number of hydrogen-bond acceptors (Lipinski definition) is 8. The van der Waals surface area contributed by atoms with E-state index in [1.165, 1.54) is 0 Å². The lowest BCUT2D eigenvalue weighted by atomic mass is 10.1. The summed E-state index contributed by atoms with van der Waals surface area (Å²) in [5.41, 5.74) is 1.86. The van der Waals surface area contributed by atoms with Crippen LogP contribution in [0.15, 0.2) is 58.0 Å². The number of aryl methyl sites for hydroxylation is 2. The zero-order chi connectivity index (χ0) is 35.7. The summed E-state index contributed by atoms with van der Waals surface area (Å²) in [6, 6.07) is -0.316. The minimum atomic E-state index is -4.02. The first kappa shape index (κ1) is 40.9. The Hall–Kier alpha value is -3.32. The smallest absolute Gasteiger partial charge is 0.277 e. The van der Waals surface area contributed by atoms with Crippen molar-refractivity contribution in [2.24, 2.45) is 7.05 Å². The number of sulfonamides is 1. The van der Waals surface area contributed by atoms with Crippen LogP contribution in [0, 0.1) is 0 Å². The molecule has 1 aliphatic carbocycles. The highest BCUT2D eigenvalue weighted by Crippen LogP contribution is 2.26. The summed E-state index contributed by atoms with van der Waals surface area (Å²) in [6.45, 7) is 17.5. The molecular formula is C36H58N6O5S. The minimum absolute atomic E-state index is 0.0823. The molecule has 268 valence electrons. The second-order valence-electron chi connectivity index (χ2n) is 11.2. The normalized spacial score (nSPS) is 18.1. The molecule has 1 aliphatic heterocycles. The van der Waals surface area contributed by atoms with Gasteiger partial charge in [-0.15, -0.1) is 0 Å². The average molecular weight is 687 g/mol. The maximum atomic E-state index is 14.6. The van der Waals surface area contributed by atoms with E-state index in [-0.39, 0.29) is 16.5 Å². The number of methoxy groups -OCH3 is 1. The van der Waals surface area contributed by atoms with Crippen LogP contribution in [0.4, 0.5) is 0 Å². The van der Waals surface area contributed by atoms with Crippen LogP contribution < -0.4 is 5.56 Å². The third-order valence-corrected chi connectivity index (χ3v) is 9.84. The van der Waals surface area contributed by atoms with Crippen LogP contribution in [0.5, 0.6) is 0 Å². The number of nitrogens with zero attached hydrogens (tertiary/aromatic N) is 5. The summed E-state index contributed by atoms with van der Waals surface area (Å²) in [6.07, 6.45) is 16.6. The molecule has 0 spiro atoms. The van der Waals surface area contributed by atoms with Crippen molar-refractivity contribution in [2.45, 2.75) is 86.6 Å². The summed E-state index contributed by atoms with van der Waals surface area (Å²) in [5, 5.41) is 4.50. The molecule has 2 aromatic rings. The Morgan fingerprint density at radius 2 is 1.90 bits per heavy atom. The molecule has 0 radical (unpaired) electrons. The molecule has 12 heteroatoms. The van der Waals surface area contributed by atoms with Crippen molar-refractivity contribution in [1.29, 1.82) is 0 Å². The van der Waals surface area contributed by atoms with Gasteiger partial charge in [-0.3, -0.25) is 14.4 Å². The Kier molecular flexibility index (Phi) is 17.8. The lowest BCUT2D eigenvalue weighted by Gasteiger charge is -2.31. The van der Waals surface area contributed by atoms with Crippen molar-refractivity contribution in [3.63, 3.8) is 0 Å². The molecular weight excluding hydrogens is 628 g/mol. The molecule has 1 saturated heterocycles. The van der Waals surface area contributed by atoms with Gasteiger partial charge in [-0.2, -0.15) is 9.40 Å². The quantitative estimate of drug-likeness (QED) is 0.209. The predicted molar refractivity (Wildman–Crippen MR) is 197 cm³/mol. The second-order valence-corrected chi connectivity index (χ2v) is 13.1. The first-order chi connectivity index (χ1) is 23.1. The summed E-state index contributed by atoms with van der Waals surface area (Å²) in [5.74, 6) is 0.863. The fourth-order valence-corrected chi connectivity index (χ4v) is 7.12. The van der Waals surface area contributed by atoms with Gasteiger partial charge in [0.15, 0.2) is 5.52 Å². The van der Waals surface area contributed by atoms with Gasteiger partial charge in [-0.1, -0.05) is 65.3 Å². The Bertz CT molecular complexity index is 1610. The molecule has 0 saturated carbocycles. The number of fused-ring (bicyclic) bond motifs is 1. The Labute approximate surface area is 288 Å². The maximum Gasteiger partial charge on any atom is 0.277 e. The van der Waals surface area contributed by atoms with Crippen LogP contribution in [0.1, 0.15) is 85.7 Å². The number of ether oxygens (including phenoxy) is 2. The molecule has 1 fully saturated rings. The lowest BCUT2D eigenvalue weighted by Crippen LogP contribution is -2.44. The van der Waals surface area contributed by atoms with Crippen molar-refractivity contribution in [1.82, 2.24) is 29.0 Å². The molecule has 0 bridgehead atoms. The highest BCUT2D eigenvalue weighted by atomic mass is 32.2. The topological polar surface area (TPSA) is 123 Å². The van der Waals surface area contributed by atoms with Gasteiger partial charge < -0.3 is 14.5 Å². The number of aromatic nitrogens is 4. The number of rotatable bonds is 12. The Morgan fingerprint density at radius 3 is 2.60 bits per heavy atom. The SMILES string of the molecule is CC.CC.CCCc1nn(C)c2c(=O)[nH]c(/C(C)=C/C(=C\C=C(/C)OC)S(=O)(=O)N(CCN3CCCOCC3)C3C=CC=CCC3)nc12. The van der Waals surface area contributed by atoms with Crippen LogP contribution in [-0.2, 0) is 33.0 Å². The van der Waals surface area contributed by atoms with Crippen molar-refractivity contribution >= 4 is 26.6 Å². The molecule has 2 aliphatic rings. The van der Waals surface area contributed by atoms with Gasteiger partial charge in [0, 0.05) is 45.9 Å². The summed E-state index contributed by atoms with van der Waals surface area (Å²) >= 11 is 0. The van der Waals surface area contributed by atoms with Crippen molar-refractivity contribution in [2.75, 3.05) is 46.5 Å². The van der Waals surface area contributed by atoms with E-state index in [9.17, 15) is 13.2 Å². The van der Waals surface area contributed by atoms with E-state index in [0.29, 0.717) is 60.7 Å². The highest BCUT2D eigenvalue weighted by molar-refractivity contribution is 7.93. The van der Waals surface area contributed by atoms with E-state index in [1.54, 1.807) is 55.2 Å². The van der Waals surface area contributed by atoms with Crippen LogP contribution >= 0.6 is 0 Å². The van der Waals surface area contributed by atoms with Gasteiger partial charge in [0.05, 0.1) is 30.1 Å². The number of H-pyrrole nitrogens is 1.